The van der Waals surface area contributed by atoms with E-state index in [1.807, 2.05) is 0 Å². The highest BCUT2D eigenvalue weighted by atomic mass is 16.1. The maximum atomic E-state index is 10.9. The van der Waals surface area contributed by atoms with Crippen molar-refractivity contribution in [2.45, 2.75) is 20.3 Å². The van der Waals surface area contributed by atoms with Crippen LogP contribution in [0.5, 0.6) is 0 Å². The van der Waals surface area contributed by atoms with Gasteiger partial charge >= 0.3 is 0 Å². The second-order valence-electron chi connectivity index (χ2n) is 3.35. The van der Waals surface area contributed by atoms with Crippen molar-refractivity contribution in [2.24, 2.45) is 11.3 Å². The summed E-state index contributed by atoms with van der Waals surface area (Å²) >= 11 is 0. The van der Waals surface area contributed by atoms with E-state index in [1.165, 1.54) is 6.08 Å². The molecule has 1 aliphatic rings. The van der Waals surface area contributed by atoms with Crippen molar-refractivity contribution in [1.29, 1.82) is 0 Å². The Balaban J connectivity index is 2.52. The second-order valence-corrected chi connectivity index (χ2v) is 3.35. The predicted octanol–water partition coefficient (Wildman–Crippen LogP) is 1.79. The van der Waals surface area contributed by atoms with Gasteiger partial charge in [0.2, 0.25) is 0 Å². The predicted molar refractivity (Wildman–Crippen MR) is 37.1 cm³/mol. The Kier molecular flexibility index (Phi) is 1.23. The van der Waals surface area contributed by atoms with Crippen molar-refractivity contribution < 1.29 is 4.79 Å². The zero-order chi connectivity index (χ0) is 7.07. The third kappa shape index (κ3) is 1.04. The summed E-state index contributed by atoms with van der Waals surface area (Å²) < 4.78 is 0. The van der Waals surface area contributed by atoms with Crippen LogP contribution in [0.2, 0.25) is 0 Å². The average molecular weight is 124 g/mol. The normalized spacial score (nSPS) is 29.3. The van der Waals surface area contributed by atoms with Gasteiger partial charge in [-0.3, -0.25) is 4.79 Å². The highest BCUT2D eigenvalue weighted by Gasteiger charge is 2.49. The first-order valence-electron chi connectivity index (χ1n) is 3.24. The van der Waals surface area contributed by atoms with Gasteiger partial charge < -0.3 is 0 Å². The van der Waals surface area contributed by atoms with Gasteiger partial charge in [0.25, 0.3) is 0 Å². The third-order valence-corrected chi connectivity index (χ3v) is 2.06. The Morgan fingerprint density at radius 3 is 2.33 bits per heavy atom. The molecule has 0 bridgehead atoms. The molecule has 1 aliphatic carbocycles. The number of allylic oxidation sites excluding steroid dienone is 1. The lowest BCUT2D eigenvalue weighted by atomic mass is 10.1. The third-order valence-electron chi connectivity index (χ3n) is 2.06. The molecule has 1 unspecified atom stereocenters. The van der Waals surface area contributed by atoms with Crippen LogP contribution in [0.3, 0.4) is 0 Å². The van der Waals surface area contributed by atoms with Crippen LogP contribution in [-0.2, 0) is 4.79 Å². The van der Waals surface area contributed by atoms with Crippen molar-refractivity contribution in [3.63, 3.8) is 0 Å². The fourth-order valence-corrected chi connectivity index (χ4v) is 1.10. The van der Waals surface area contributed by atoms with E-state index < -0.39 is 0 Å². The molecule has 0 aliphatic heterocycles. The smallest absolute Gasteiger partial charge is 0.158 e. The van der Waals surface area contributed by atoms with Gasteiger partial charge in [-0.2, -0.15) is 0 Å². The molecule has 0 radical (unpaired) electrons. The minimum atomic E-state index is 0.208. The molecule has 1 fully saturated rings. The number of hydrogen-bond acceptors (Lipinski definition) is 1. The molecule has 1 saturated carbocycles. The minimum absolute atomic E-state index is 0.208. The Labute approximate surface area is 55.8 Å². The minimum Gasteiger partial charge on any atom is -0.295 e. The Hall–Kier alpha value is -0.590. The number of carbonyl (C=O) groups excluding carboxylic acids is 1. The summed E-state index contributed by atoms with van der Waals surface area (Å²) in [5, 5.41) is 0. The molecule has 0 saturated heterocycles. The molecule has 1 nitrogen and oxygen atoms in total. The summed E-state index contributed by atoms with van der Waals surface area (Å²) in [6, 6.07) is 0. The van der Waals surface area contributed by atoms with E-state index in [2.05, 4.69) is 20.4 Å². The molecule has 1 atom stereocenters. The molecular weight excluding hydrogens is 112 g/mol. The van der Waals surface area contributed by atoms with Crippen molar-refractivity contribution in [1.82, 2.24) is 0 Å². The van der Waals surface area contributed by atoms with E-state index in [1.54, 1.807) is 0 Å². The topological polar surface area (TPSA) is 17.1 Å². The summed E-state index contributed by atoms with van der Waals surface area (Å²) in [7, 11) is 0. The van der Waals surface area contributed by atoms with Crippen molar-refractivity contribution in [3.05, 3.63) is 12.7 Å². The van der Waals surface area contributed by atoms with E-state index in [9.17, 15) is 4.79 Å². The Bertz CT molecular complexity index is 156. The van der Waals surface area contributed by atoms with Crippen LogP contribution in [0, 0.1) is 11.3 Å². The van der Waals surface area contributed by atoms with Crippen molar-refractivity contribution >= 4 is 5.78 Å². The number of hydrogen-bond donors (Lipinski definition) is 0. The maximum absolute atomic E-state index is 10.9. The van der Waals surface area contributed by atoms with Crippen LogP contribution >= 0.6 is 0 Å². The van der Waals surface area contributed by atoms with Crippen LogP contribution in [-0.4, -0.2) is 5.78 Å². The van der Waals surface area contributed by atoms with Gasteiger partial charge in [-0.25, -0.2) is 0 Å². The summed E-state index contributed by atoms with van der Waals surface area (Å²) in [6.45, 7) is 7.66. The largest absolute Gasteiger partial charge is 0.295 e. The SMILES string of the molecule is C=CC(=O)C1CC1(C)C. The average Bonchev–Trinajstić information content (AvgIpc) is 2.38. The molecule has 0 N–H and O–H groups in total. The van der Waals surface area contributed by atoms with Crippen LogP contribution in [0.4, 0.5) is 0 Å². The Morgan fingerprint density at radius 2 is 2.22 bits per heavy atom. The number of rotatable bonds is 2. The van der Waals surface area contributed by atoms with Gasteiger partial charge in [-0.15, -0.1) is 0 Å². The summed E-state index contributed by atoms with van der Waals surface area (Å²) in [4.78, 5) is 10.9. The van der Waals surface area contributed by atoms with E-state index in [0.29, 0.717) is 0 Å². The quantitative estimate of drug-likeness (QED) is 0.513. The van der Waals surface area contributed by atoms with Gasteiger partial charge in [0, 0.05) is 5.92 Å². The molecule has 1 rings (SSSR count). The molecule has 1 heteroatoms. The molecule has 0 aromatic heterocycles. The highest BCUT2D eigenvalue weighted by molar-refractivity contribution is 5.93. The van der Waals surface area contributed by atoms with Gasteiger partial charge in [0.15, 0.2) is 5.78 Å². The number of carbonyl (C=O) groups is 1. The van der Waals surface area contributed by atoms with Crippen LogP contribution in [0.15, 0.2) is 12.7 Å². The van der Waals surface area contributed by atoms with E-state index in [-0.39, 0.29) is 17.1 Å². The molecule has 0 aromatic carbocycles. The standard InChI is InChI=1S/C8H12O/c1-4-7(9)6-5-8(6,2)3/h4,6H,1,5H2,2-3H3. The fourth-order valence-electron chi connectivity index (χ4n) is 1.10. The molecule has 0 aromatic rings. The van der Waals surface area contributed by atoms with Crippen LogP contribution in [0.1, 0.15) is 20.3 Å². The van der Waals surface area contributed by atoms with E-state index >= 15 is 0 Å². The molecule has 0 amide bonds. The lowest BCUT2D eigenvalue weighted by molar-refractivity contribution is -0.116. The van der Waals surface area contributed by atoms with Crippen molar-refractivity contribution in [2.75, 3.05) is 0 Å². The highest BCUT2D eigenvalue weighted by Crippen LogP contribution is 2.52. The Morgan fingerprint density at radius 1 is 1.78 bits per heavy atom. The summed E-state index contributed by atoms with van der Waals surface area (Å²) in [5.74, 6) is 0.481. The van der Waals surface area contributed by atoms with Gasteiger partial charge in [-0.05, 0) is 17.9 Å². The van der Waals surface area contributed by atoms with Crippen LogP contribution < -0.4 is 0 Å². The van der Waals surface area contributed by atoms with Crippen molar-refractivity contribution in [3.8, 4) is 0 Å². The fraction of sp³-hybridized carbons (Fsp3) is 0.625. The maximum Gasteiger partial charge on any atom is 0.158 e. The van der Waals surface area contributed by atoms with Gasteiger partial charge in [-0.1, -0.05) is 20.4 Å². The lowest BCUT2D eigenvalue weighted by Crippen LogP contribution is -2.00. The van der Waals surface area contributed by atoms with Crippen LogP contribution in [0.25, 0.3) is 0 Å². The molecule has 0 spiro atoms. The first-order chi connectivity index (χ1) is 4.08. The first-order valence-corrected chi connectivity index (χ1v) is 3.24. The summed E-state index contributed by atoms with van der Waals surface area (Å²) in [5.41, 5.74) is 0.269. The summed E-state index contributed by atoms with van der Waals surface area (Å²) in [6.07, 6.45) is 2.47. The molecule has 9 heavy (non-hydrogen) atoms. The first kappa shape index (κ1) is 6.53. The second kappa shape index (κ2) is 1.69. The van der Waals surface area contributed by atoms with E-state index in [4.69, 9.17) is 0 Å². The van der Waals surface area contributed by atoms with Gasteiger partial charge in [0.05, 0.1) is 0 Å². The zero-order valence-corrected chi connectivity index (χ0v) is 5.98. The molecular formula is C8H12O. The molecule has 50 valence electrons. The molecule has 0 heterocycles. The van der Waals surface area contributed by atoms with Gasteiger partial charge in [0.1, 0.15) is 0 Å². The lowest BCUT2D eigenvalue weighted by Gasteiger charge is -1.96. The monoisotopic (exact) mass is 124 g/mol. The zero-order valence-electron chi connectivity index (χ0n) is 5.98. The van der Waals surface area contributed by atoms with E-state index in [0.717, 1.165) is 6.42 Å². The number of ketones is 1.